The number of amides is 1. The van der Waals surface area contributed by atoms with Crippen LogP contribution >= 0.6 is 22.9 Å². The molecule has 2 heterocycles. The number of carbonyl (C=O) groups is 2. The highest BCUT2D eigenvalue weighted by Crippen LogP contribution is 2.40. The van der Waals surface area contributed by atoms with Crippen molar-refractivity contribution in [3.8, 4) is 23.0 Å². The molecule has 3 aromatic rings. The van der Waals surface area contributed by atoms with Gasteiger partial charge in [-0.3, -0.25) is 14.2 Å². The van der Waals surface area contributed by atoms with E-state index in [1.807, 2.05) is 0 Å². The lowest BCUT2D eigenvalue weighted by Gasteiger charge is -2.25. The molecular formula is C26H24ClN3O8S. The highest BCUT2D eigenvalue weighted by Gasteiger charge is 2.34. The number of ether oxygens (including phenoxy) is 4. The highest BCUT2D eigenvalue weighted by molar-refractivity contribution is 7.07. The molecule has 13 heteroatoms. The number of hydrogen-bond acceptors (Lipinski definition) is 10. The Hall–Kier alpha value is -4.29. The van der Waals surface area contributed by atoms with Crippen LogP contribution in [0.3, 0.4) is 0 Å². The number of phenols is 1. The number of carbonyl (C=O) groups excluding carboxylic acids is 2. The van der Waals surface area contributed by atoms with Crippen molar-refractivity contribution in [1.82, 2.24) is 4.57 Å². The van der Waals surface area contributed by atoms with Gasteiger partial charge in [0, 0.05) is 0 Å². The minimum absolute atomic E-state index is 0.0175. The predicted molar refractivity (Wildman–Crippen MR) is 143 cm³/mol. The largest absolute Gasteiger partial charge is 0.503 e. The molecule has 1 amide bonds. The number of fused-ring (bicyclic) bond motifs is 1. The number of methoxy groups -OCH3 is 3. The minimum Gasteiger partial charge on any atom is -0.503 e. The van der Waals surface area contributed by atoms with Crippen molar-refractivity contribution >= 4 is 40.9 Å². The third kappa shape index (κ3) is 5.33. The minimum atomic E-state index is -0.957. The molecule has 204 valence electrons. The Morgan fingerprint density at radius 2 is 1.87 bits per heavy atom. The summed E-state index contributed by atoms with van der Waals surface area (Å²) in [5, 5.41) is 10.2. The molecule has 1 aliphatic heterocycles. The quantitative estimate of drug-likeness (QED) is 0.386. The molecule has 0 radical (unpaired) electrons. The van der Waals surface area contributed by atoms with Gasteiger partial charge in [0.1, 0.15) is 0 Å². The number of benzene rings is 2. The maximum atomic E-state index is 13.8. The lowest BCUT2D eigenvalue weighted by molar-refractivity contribution is -0.136. The van der Waals surface area contributed by atoms with Gasteiger partial charge in [-0.25, -0.2) is 9.79 Å². The van der Waals surface area contributed by atoms with Crippen LogP contribution in [0.5, 0.6) is 23.0 Å². The Balaban J connectivity index is 1.90. The maximum Gasteiger partial charge on any atom is 0.338 e. The smallest absolute Gasteiger partial charge is 0.338 e. The van der Waals surface area contributed by atoms with Crippen LogP contribution in [-0.4, -0.2) is 49.5 Å². The monoisotopic (exact) mass is 573 g/mol. The summed E-state index contributed by atoms with van der Waals surface area (Å²) < 4.78 is 22.7. The number of thiazole rings is 1. The summed E-state index contributed by atoms with van der Waals surface area (Å²) in [7, 11) is 4.04. The number of halogens is 1. The number of aromatic nitrogens is 1. The number of nitrogens with zero attached hydrogens (tertiary/aromatic N) is 2. The molecule has 0 unspecified atom stereocenters. The van der Waals surface area contributed by atoms with Gasteiger partial charge in [0.2, 0.25) is 0 Å². The molecule has 1 atom stereocenters. The Kier molecular flexibility index (Phi) is 7.98. The van der Waals surface area contributed by atoms with Gasteiger partial charge in [0.25, 0.3) is 11.5 Å². The van der Waals surface area contributed by atoms with Crippen molar-refractivity contribution in [3.05, 3.63) is 77.4 Å². The van der Waals surface area contributed by atoms with Crippen molar-refractivity contribution in [2.75, 3.05) is 27.9 Å². The number of rotatable bonds is 8. The fraction of sp³-hybridized carbons (Fsp3) is 0.231. The number of hydrogen-bond donors (Lipinski definition) is 2. The zero-order chi connectivity index (χ0) is 28.4. The Bertz CT molecular complexity index is 1690. The molecular weight excluding hydrogens is 550 g/mol. The van der Waals surface area contributed by atoms with Crippen LogP contribution in [0.4, 0.5) is 0 Å². The molecule has 0 saturated heterocycles. The van der Waals surface area contributed by atoms with E-state index in [1.54, 1.807) is 31.2 Å². The molecule has 0 bridgehead atoms. The maximum absolute atomic E-state index is 13.8. The van der Waals surface area contributed by atoms with Gasteiger partial charge in [-0.05, 0) is 48.4 Å². The van der Waals surface area contributed by atoms with E-state index in [-0.39, 0.29) is 28.7 Å². The Morgan fingerprint density at radius 3 is 2.51 bits per heavy atom. The second kappa shape index (κ2) is 11.2. The average molecular weight is 574 g/mol. The lowest BCUT2D eigenvalue weighted by Crippen LogP contribution is -2.39. The molecule has 1 aliphatic rings. The lowest BCUT2D eigenvalue weighted by atomic mass is 9.95. The Labute approximate surface area is 231 Å². The number of esters is 1. The van der Waals surface area contributed by atoms with E-state index in [2.05, 4.69) is 4.99 Å². The van der Waals surface area contributed by atoms with Gasteiger partial charge in [0.15, 0.2) is 34.4 Å². The SMILES string of the molecule is COC(=O)C1=C(C)N=c2s/c(=C\c3ccc(OCC(N)=O)c(OC)c3)c(=O)n2[C@H]1c1cc(Cl)c(O)c(OC)c1. The van der Waals surface area contributed by atoms with E-state index < -0.39 is 23.5 Å². The second-order valence-corrected chi connectivity index (χ2v) is 9.71. The van der Waals surface area contributed by atoms with Crippen molar-refractivity contribution in [3.63, 3.8) is 0 Å². The number of aromatic hydroxyl groups is 1. The van der Waals surface area contributed by atoms with Crippen LogP contribution in [0.25, 0.3) is 6.08 Å². The first-order chi connectivity index (χ1) is 18.6. The summed E-state index contributed by atoms with van der Waals surface area (Å²) in [6.45, 7) is 1.33. The summed E-state index contributed by atoms with van der Waals surface area (Å²) in [4.78, 5) is 42.5. The summed E-state index contributed by atoms with van der Waals surface area (Å²) in [6, 6.07) is 6.92. The van der Waals surface area contributed by atoms with E-state index in [0.29, 0.717) is 37.7 Å². The number of nitrogens with two attached hydrogens (primary N) is 1. The number of phenolic OH excluding ortho intramolecular Hbond substituents is 1. The van der Waals surface area contributed by atoms with Crippen LogP contribution in [-0.2, 0) is 14.3 Å². The van der Waals surface area contributed by atoms with Gasteiger partial charge in [-0.2, -0.15) is 0 Å². The molecule has 4 rings (SSSR count). The van der Waals surface area contributed by atoms with Crippen molar-refractivity contribution in [2.45, 2.75) is 13.0 Å². The van der Waals surface area contributed by atoms with Crippen molar-refractivity contribution in [1.29, 1.82) is 0 Å². The second-order valence-electron chi connectivity index (χ2n) is 8.29. The molecule has 3 N–H and O–H groups in total. The van der Waals surface area contributed by atoms with Crippen molar-refractivity contribution < 1.29 is 33.6 Å². The standard InChI is InChI=1S/C26H24ClN3O8S/c1-12-21(25(34)37-4)22(14-9-15(27)23(32)18(10-14)36-3)30-24(33)19(39-26(30)29-12)8-13-5-6-16(17(7-13)35-2)38-11-20(28)31/h5-10,22,32H,11H2,1-4H3,(H2,28,31)/b19-8-/t22-/m0/s1. The van der Waals surface area contributed by atoms with Crippen LogP contribution in [0, 0.1) is 0 Å². The van der Waals surface area contributed by atoms with Gasteiger partial charge in [-0.15, -0.1) is 0 Å². The molecule has 2 aromatic carbocycles. The molecule has 0 spiro atoms. The summed E-state index contributed by atoms with van der Waals surface area (Å²) >= 11 is 7.38. The molecule has 39 heavy (non-hydrogen) atoms. The fourth-order valence-corrected chi connectivity index (χ4v) is 5.37. The normalized spacial score (nSPS) is 14.9. The molecule has 0 saturated carbocycles. The highest BCUT2D eigenvalue weighted by atomic mass is 35.5. The molecule has 11 nitrogen and oxygen atoms in total. The average Bonchev–Trinajstić information content (AvgIpc) is 3.21. The third-order valence-corrected chi connectivity index (χ3v) is 7.14. The van der Waals surface area contributed by atoms with Crippen LogP contribution in [0.1, 0.15) is 24.1 Å². The van der Waals surface area contributed by atoms with E-state index in [4.69, 9.17) is 36.3 Å². The Morgan fingerprint density at radius 1 is 1.15 bits per heavy atom. The summed E-state index contributed by atoms with van der Waals surface area (Å²) in [6.07, 6.45) is 1.64. The number of primary amides is 1. The van der Waals surface area contributed by atoms with Gasteiger partial charge < -0.3 is 29.8 Å². The van der Waals surface area contributed by atoms with E-state index in [9.17, 15) is 19.5 Å². The van der Waals surface area contributed by atoms with Gasteiger partial charge in [-0.1, -0.05) is 29.0 Å². The summed E-state index contributed by atoms with van der Waals surface area (Å²) in [5.74, 6) is -0.852. The topological polar surface area (TPSA) is 152 Å². The fourth-order valence-electron chi connectivity index (χ4n) is 4.11. The van der Waals surface area contributed by atoms with Crippen LogP contribution in [0.2, 0.25) is 5.02 Å². The van der Waals surface area contributed by atoms with Crippen LogP contribution in [0.15, 0.2) is 51.4 Å². The third-order valence-electron chi connectivity index (χ3n) is 5.87. The zero-order valence-corrected chi connectivity index (χ0v) is 22.9. The van der Waals surface area contributed by atoms with Crippen molar-refractivity contribution in [2.24, 2.45) is 10.7 Å². The van der Waals surface area contributed by atoms with E-state index >= 15 is 0 Å². The van der Waals surface area contributed by atoms with Gasteiger partial charge in [0.05, 0.1) is 48.2 Å². The first-order valence-corrected chi connectivity index (χ1v) is 12.5. The predicted octanol–water partition coefficient (Wildman–Crippen LogP) is 1.65. The number of allylic oxidation sites excluding steroid dienone is 1. The molecule has 0 fully saturated rings. The summed E-state index contributed by atoms with van der Waals surface area (Å²) in [5.41, 5.74) is 6.24. The van der Waals surface area contributed by atoms with E-state index in [0.717, 1.165) is 11.3 Å². The van der Waals surface area contributed by atoms with E-state index in [1.165, 1.54) is 38.0 Å². The van der Waals surface area contributed by atoms with Gasteiger partial charge >= 0.3 is 5.97 Å². The first-order valence-electron chi connectivity index (χ1n) is 11.4. The molecule has 0 aliphatic carbocycles. The van der Waals surface area contributed by atoms with Crippen LogP contribution < -0.4 is 34.8 Å². The first kappa shape index (κ1) is 27.7. The molecule has 1 aromatic heterocycles. The zero-order valence-electron chi connectivity index (χ0n) is 21.3.